The molecule has 1 N–H and O–H groups in total. The first-order valence-electron chi connectivity index (χ1n) is 6.56. The molecule has 3 fully saturated rings. The van der Waals surface area contributed by atoms with E-state index in [0.29, 0.717) is 0 Å². The van der Waals surface area contributed by atoms with Crippen LogP contribution in [0.4, 0.5) is 0 Å². The van der Waals surface area contributed by atoms with Gasteiger partial charge in [0.15, 0.2) is 0 Å². The SMILES string of the molecule is CCCNC1C(C)C2C3CCC(C3)C12. The normalized spacial score (nSPS) is 54.4. The van der Waals surface area contributed by atoms with Gasteiger partial charge in [-0.15, -0.1) is 0 Å². The summed E-state index contributed by atoms with van der Waals surface area (Å²) in [5.41, 5.74) is 0. The molecule has 6 atom stereocenters. The molecule has 80 valence electrons. The van der Waals surface area contributed by atoms with E-state index in [1.807, 2.05) is 0 Å². The summed E-state index contributed by atoms with van der Waals surface area (Å²) in [7, 11) is 0. The van der Waals surface area contributed by atoms with Crippen molar-refractivity contribution in [3.05, 3.63) is 0 Å². The summed E-state index contributed by atoms with van der Waals surface area (Å²) in [6.07, 6.45) is 5.96. The number of nitrogens with one attached hydrogen (secondary N) is 1. The number of hydrogen-bond donors (Lipinski definition) is 1. The fourth-order valence-corrected chi connectivity index (χ4v) is 4.77. The standard InChI is InChI=1S/C13H23N/c1-3-6-14-13-8(2)11-9-4-5-10(7-9)12(11)13/h8-14H,3-7H2,1-2H3. The average Bonchev–Trinajstić information content (AvgIpc) is 2.74. The molecule has 0 amide bonds. The van der Waals surface area contributed by atoms with Gasteiger partial charge in [-0.3, -0.25) is 0 Å². The second-order valence-electron chi connectivity index (χ2n) is 5.83. The van der Waals surface area contributed by atoms with Crippen LogP contribution < -0.4 is 5.32 Å². The van der Waals surface area contributed by atoms with Gasteiger partial charge in [0.1, 0.15) is 0 Å². The topological polar surface area (TPSA) is 12.0 Å². The number of hydrogen-bond acceptors (Lipinski definition) is 1. The zero-order valence-corrected chi connectivity index (χ0v) is 9.50. The Hall–Kier alpha value is -0.0400. The Kier molecular flexibility index (Phi) is 2.12. The Labute approximate surface area is 87.7 Å². The van der Waals surface area contributed by atoms with E-state index >= 15 is 0 Å². The highest BCUT2D eigenvalue weighted by Gasteiger charge is 2.60. The Morgan fingerprint density at radius 1 is 1.14 bits per heavy atom. The quantitative estimate of drug-likeness (QED) is 0.726. The van der Waals surface area contributed by atoms with Gasteiger partial charge in [0.2, 0.25) is 0 Å². The van der Waals surface area contributed by atoms with Gasteiger partial charge in [-0.05, 0) is 61.8 Å². The molecule has 1 heteroatoms. The van der Waals surface area contributed by atoms with E-state index in [4.69, 9.17) is 0 Å². The minimum atomic E-state index is 0.884. The van der Waals surface area contributed by atoms with Crippen LogP contribution in [0.3, 0.4) is 0 Å². The molecule has 0 spiro atoms. The van der Waals surface area contributed by atoms with Crippen LogP contribution in [0.1, 0.15) is 39.5 Å². The second-order valence-corrected chi connectivity index (χ2v) is 5.83. The van der Waals surface area contributed by atoms with E-state index in [9.17, 15) is 0 Å². The lowest BCUT2D eigenvalue weighted by Gasteiger charge is -2.53. The van der Waals surface area contributed by atoms with E-state index in [0.717, 1.165) is 35.6 Å². The lowest BCUT2D eigenvalue weighted by molar-refractivity contribution is -0.0177. The Balaban J connectivity index is 1.67. The fourth-order valence-electron chi connectivity index (χ4n) is 4.77. The van der Waals surface area contributed by atoms with Crippen molar-refractivity contribution in [2.45, 2.75) is 45.6 Å². The van der Waals surface area contributed by atoms with Gasteiger partial charge in [-0.1, -0.05) is 13.8 Å². The second kappa shape index (κ2) is 3.23. The van der Waals surface area contributed by atoms with Gasteiger partial charge in [0.05, 0.1) is 0 Å². The molecule has 3 aliphatic rings. The summed E-state index contributed by atoms with van der Waals surface area (Å²) in [6, 6.07) is 0.884. The molecule has 0 saturated heterocycles. The maximum absolute atomic E-state index is 3.77. The highest BCUT2D eigenvalue weighted by atomic mass is 15.0. The molecule has 0 radical (unpaired) electrons. The molecule has 0 aromatic heterocycles. The van der Waals surface area contributed by atoms with E-state index in [-0.39, 0.29) is 0 Å². The van der Waals surface area contributed by atoms with E-state index in [1.54, 1.807) is 19.3 Å². The van der Waals surface area contributed by atoms with Crippen molar-refractivity contribution in [2.75, 3.05) is 6.54 Å². The van der Waals surface area contributed by atoms with Crippen LogP contribution in [-0.4, -0.2) is 12.6 Å². The van der Waals surface area contributed by atoms with Crippen LogP contribution in [0.5, 0.6) is 0 Å². The maximum atomic E-state index is 3.77. The predicted molar refractivity (Wildman–Crippen MR) is 59.1 cm³/mol. The molecular weight excluding hydrogens is 170 g/mol. The first-order valence-corrected chi connectivity index (χ1v) is 6.56. The molecule has 2 bridgehead atoms. The Morgan fingerprint density at radius 2 is 1.86 bits per heavy atom. The molecule has 0 aromatic rings. The summed E-state index contributed by atoms with van der Waals surface area (Å²) in [6.45, 7) is 5.99. The fraction of sp³-hybridized carbons (Fsp3) is 1.00. The monoisotopic (exact) mass is 193 g/mol. The number of fused-ring (bicyclic) bond motifs is 5. The van der Waals surface area contributed by atoms with Gasteiger partial charge in [0, 0.05) is 6.04 Å². The molecular formula is C13H23N. The van der Waals surface area contributed by atoms with E-state index in [2.05, 4.69) is 19.2 Å². The molecule has 14 heavy (non-hydrogen) atoms. The minimum Gasteiger partial charge on any atom is -0.313 e. The molecule has 3 rings (SSSR count). The first-order chi connectivity index (χ1) is 6.83. The molecule has 3 saturated carbocycles. The summed E-state index contributed by atoms with van der Waals surface area (Å²) >= 11 is 0. The van der Waals surface area contributed by atoms with Gasteiger partial charge in [0.25, 0.3) is 0 Å². The third-order valence-corrected chi connectivity index (χ3v) is 5.27. The smallest absolute Gasteiger partial charge is 0.0129 e. The van der Waals surface area contributed by atoms with Crippen molar-refractivity contribution in [3.8, 4) is 0 Å². The van der Waals surface area contributed by atoms with Crippen molar-refractivity contribution in [3.63, 3.8) is 0 Å². The van der Waals surface area contributed by atoms with Crippen molar-refractivity contribution < 1.29 is 0 Å². The zero-order valence-electron chi connectivity index (χ0n) is 9.50. The van der Waals surface area contributed by atoms with Crippen LogP contribution in [0.15, 0.2) is 0 Å². The summed E-state index contributed by atoms with van der Waals surface area (Å²) in [4.78, 5) is 0. The molecule has 6 unspecified atom stereocenters. The molecule has 1 nitrogen and oxygen atoms in total. The van der Waals surface area contributed by atoms with E-state index < -0.39 is 0 Å². The molecule has 0 heterocycles. The highest BCUT2D eigenvalue weighted by Crippen LogP contribution is 2.63. The third-order valence-electron chi connectivity index (χ3n) is 5.27. The van der Waals surface area contributed by atoms with Gasteiger partial charge in [-0.25, -0.2) is 0 Å². The molecule has 3 aliphatic carbocycles. The zero-order chi connectivity index (χ0) is 9.71. The Morgan fingerprint density at radius 3 is 2.57 bits per heavy atom. The predicted octanol–water partition coefficient (Wildman–Crippen LogP) is 2.67. The van der Waals surface area contributed by atoms with Crippen LogP contribution in [0, 0.1) is 29.6 Å². The van der Waals surface area contributed by atoms with Crippen molar-refractivity contribution in [1.82, 2.24) is 5.32 Å². The van der Waals surface area contributed by atoms with Crippen LogP contribution >= 0.6 is 0 Å². The molecule has 0 aromatic carbocycles. The molecule has 0 aliphatic heterocycles. The summed E-state index contributed by atoms with van der Waals surface area (Å²) in [5, 5.41) is 3.77. The van der Waals surface area contributed by atoms with Crippen molar-refractivity contribution in [1.29, 1.82) is 0 Å². The summed E-state index contributed by atoms with van der Waals surface area (Å²) in [5.74, 6) is 5.40. The van der Waals surface area contributed by atoms with E-state index in [1.165, 1.54) is 13.0 Å². The van der Waals surface area contributed by atoms with Crippen molar-refractivity contribution in [2.24, 2.45) is 29.6 Å². The summed E-state index contributed by atoms with van der Waals surface area (Å²) < 4.78 is 0. The lowest BCUT2D eigenvalue weighted by Crippen LogP contribution is -2.59. The average molecular weight is 193 g/mol. The van der Waals surface area contributed by atoms with Gasteiger partial charge in [-0.2, -0.15) is 0 Å². The third kappa shape index (κ3) is 1.05. The highest BCUT2D eigenvalue weighted by molar-refractivity contribution is 5.11. The van der Waals surface area contributed by atoms with Crippen LogP contribution in [0.2, 0.25) is 0 Å². The number of rotatable bonds is 3. The van der Waals surface area contributed by atoms with Gasteiger partial charge >= 0.3 is 0 Å². The van der Waals surface area contributed by atoms with Crippen molar-refractivity contribution >= 4 is 0 Å². The minimum absolute atomic E-state index is 0.884. The Bertz CT molecular complexity index is 225. The van der Waals surface area contributed by atoms with Crippen LogP contribution in [0.25, 0.3) is 0 Å². The first kappa shape index (κ1) is 9.21. The largest absolute Gasteiger partial charge is 0.313 e. The maximum Gasteiger partial charge on any atom is 0.0129 e. The van der Waals surface area contributed by atoms with Crippen LogP contribution in [-0.2, 0) is 0 Å². The lowest BCUT2D eigenvalue weighted by atomic mass is 9.56. The van der Waals surface area contributed by atoms with Gasteiger partial charge < -0.3 is 5.32 Å².